The highest BCUT2D eigenvalue weighted by Crippen LogP contribution is 2.32. The molecule has 1 aliphatic rings. The van der Waals surface area contributed by atoms with Gasteiger partial charge in [-0.25, -0.2) is 8.96 Å². The maximum atomic E-state index is 13.0. The molecule has 0 radical (unpaired) electrons. The van der Waals surface area contributed by atoms with Crippen LogP contribution < -0.4 is 4.57 Å². The molecule has 124 valence electrons. The van der Waals surface area contributed by atoms with Gasteiger partial charge in [-0.15, -0.1) is 0 Å². The van der Waals surface area contributed by atoms with Crippen LogP contribution in [0, 0.1) is 5.82 Å². The lowest BCUT2D eigenvalue weighted by atomic mass is 9.79. The van der Waals surface area contributed by atoms with Gasteiger partial charge in [0.1, 0.15) is 5.82 Å². The number of ketones is 1. The molecule has 0 fully saturated rings. The zero-order chi connectivity index (χ0) is 17.2. The van der Waals surface area contributed by atoms with E-state index in [1.807, 2.05) is 53.4 Å². The highest BCUT2D eigenvalue weighted by Gasteiger charge is 2.28. The Morgan fingerprint density at radius 1 is 0.960 bits per heavy atom. The summed E-state index contributed by atoms with van der Waals surface area (Å²) in [5, 5.41) is 0. The van der Waals surface area contributed by atoms with Crippen molar-refractivity contribution in [1.82, 2.24) is 0 Å². The van der Waals surface area contributed by atoms with Gasteiger partial charge in [-0.2, -0.15) is 0 Å². The Balaban J connectivity index is 1.52. The van der Waals surface area contributed by atoms with Crippen molar-refractivity contribution in [2.75, 3.05) is 0 Å². The van der Waals surface area contributed by atoms with Gasteiger partial charge in [-0.05, 0) is 48.2 Å². The molecule has 1 unspecified atom stereocenters. The molecule has 1 aliphatic carbocycles. The van der Waals surface area contributed by atoms with Crippen molar-refractivity contribution in [2.45, 2.75) is 25.3 Å². The van der Waals surface area contributed by atoms with E-state index >= 15 is 0 Å². The maximum absolute atomic E-state index is 13.0. The lowest BCUT2D eigenvalue weighted by Gasteiger charge is -2.23. The summed E-state index contributed by atoms with van der Waals surface area (Å²) in [6.07, 6.45) is 5.79. The minimum Gasteiger partial charge on any atom is -0.293 e. The second-order valence-corrected chi connectivity index (χ2v) is 6.54. The number of carbonyl (C=O) groups excluding carboxylic acids is 1. The molecule has 2 aromatic carbocycles. The van der Waals surface area contributed by atoms with Crippen molar-refractivity contribution >= 4 is 5.78 Å². The Morgan fingerprint density at radius 3 is 2.44 bits per heavy atom. The number of rotatable bonds is 3. The summed E-state index contributed by atoms with van der Waals surface area (Å²) in [5.74, 6) is -0.0614. The van der Waals surface area contributed by atoms with Gasteiger partial charge in [0.2, 0.25) is 0 Å². The molecule has 0 spiro atoms. The molecule has 3 heteroatoms. The fraction of sp³-hybridized carbons (Fsp3) is 0.182. The molecule has 0 saturated carbocycles. The molecule has 1 heterocycles. The van der Waals surface area contributed by atoms with Gasteiger partial charge in [0.25, 0.3) is 0 Å². The number of halogens is 1. The Morgan fingerprint density at radius 2 is 1.68 bits per heavy atom. The summed E-state index contributed by atoms with van der Waals surface area (Å²) in [5.41, 5.74) is 4.13. The SMILES string of the molecule is O=C1c2ccccc2CCC1c1cc[n+](Cc2ccc(F)cc2)cc1. The highest BCUT2D eigenvalue weighted by molar-refractivity contribution is 6.03. The largest absolute Gasteiger partial charge is 0.293 e. The predicted molar refractivity (Wildman–Crippen MR) is 94.0 cm³/mol. The second kappa shape index (κ2) is 6.60. The summed E-state index contributed by atoms with van der Waals surface area (Å²) in [7, 11) is 0. The molecule has 25 heavy (non-hydrogen) atoms. The van der Waals surface area contributed by atoms with Gasteiger partial charge < -0.3 is 0 Å². The Hall–Kier alpha value is -2.81. The van der Waals surface area contributed by atoms with Crippen LogP contribution in [0.15, 0.2) is 73.1 Å². The summed E-state index contributed by atoms with van der Waals surface area (Å²) in [6.45, 7) is 0.683. The molecule has 0 aliphatic heterocycles. The Labute approximate surface area is 146 Å². The van der Waals surface area contributed by atoms with Crippen LogP contribution in [0.2, 0.25) is 0 Å². The molecule has 2 nitrogen and oxygen atoms in total. The summed E-state index contributed by atoms with van der Waals surface area (Å²) >= 11 is 0. The lowest BCUT2D eigenvalue weighted by molar-refractivity contribution is -0.688. The van der Waals surface area contributed by atoms with Crippen molar-refractivity contribution in [1.29, 1.82) is 0 Å². The molecule has 0 bridgehead atoms. The zero-order valence-electron chi connectivity index (χ0n) is 13.9. The van der Waals surface area contributed by atoms with E-state index < -0.39 is 0 Å². The molecule has 0 saturated heterocycles. The van der Waals surface area contributed by atoms with E-state index in [4.69, 9.17) is 0 Å². The fourth-order valence-electron chi connectivity index (χ4n) is 3.52. The van der Waals surface area contributed by atoms with Gasteiger partial charge in [0.05, 0.1) is 0 Å². The minimum absolute atomic E-state index is 0.0598. The predicted octanol–water partition coefficient (Wildman–Crippen LogP) is 4.07. The number of carbonyl (C=O) groups is 1. The van der Waals surface area contributed by atoms with Crippen LogP contribution in [0.5, 0.6) is 0 Å². The van der Waals surface area contributed by atoms with Crippen LogP contribution in [0.3, 0.4) is 0 Å². The first-order chi connectivity index (χ1) is 12.2. The first-order valence-corrected chi connectivity index (χ1v) is 8.56. The van der Waals surface area contributed by atoms with Crippen LogP contribution in [0.1, 0.15) is 39.4 Å². The zero-order valence-corrected chi connectivity index (χ0v) is 13.9. The first kappa shape index (κ1) is 15.7. The van der Waals surface area contributed by atoms with Gasteiger partial charge in [-0.1, -0.05) is 24.3 Å². The number of benzene rings is 2. The number of fused-ring (bicyclic) bond motifs is 1. The third-order valence-corrected chi connectivity index (χ3v) is 4.90. The second-order valence-electron chi connectivity index (χ2n) is 6.54. The van der Waals surface area contributed by atoms with Crippen LogP contribution in [-0.4, -0.2) is 5.78 Å². The van der Waals surface area contributed by atoms with Crippen molar-refractivity contribution in [2.24, 2.45) is 0 Å². The highest BCUT2D eigenvalue weighted by atomic mass is 19.1. The number of nitrogens with zero attached hydrogens (tertiary/aromatic N) is 1. The molecule has 0 N–H and O–H groups in total. The molecular weight excluding hydrogens is 313 g/mol. The van der Waals surface area contributed by atoms with E-state index in [-0.39, 0.29) is 17.5 Å². The monoisotopic (exact) mass is 332 g/mol. The topological polar surface area (TPSA) is 20.9 Å². The summed E-state index contributed by atoms with van der Waals surface area (Å²) in [6, 6.07) is 18.5. The van der Waals surface area contributed by atoms with Crippen molar-refractivity contribution in [3.05, 3.63) is 101 Å². The number of Topliss-reactive ketones (excluding diaryl/α,β-unsaturated/α-hetero) is 1. The molecule has 4 rings (SSSR count). The van der Waals surface area contributed by atoms with E-state index in [0.29, 0.717) is 6.54 Å². The number of aryl methyl sites for hydroxylation is 1. The van der Waals surface area contributed by atoms with Crippen LogP contribution in [-0.2, 0) is 13.0 Å². The number of hydrogen-bond donors (Lipinski definition) is 0. The van der Waals surface area contributed by atoms with Crippen LogP contribution in [0.4, 0.5) is 4.39 Å². The van der Waals surface area contributed by atoms with Crippen LogP contribution in [0.25, 0.3) is 0 Å². The van der Waals surface area contributed by atoms with Gasteiger partial charge in [0, 0.05) is 29.2 Å². The fourth-order valence-corrected chi connectivity index (χ4v) is 3.52. The van der Waals surface area contributed by atoms with E-state index in [9.17, 15) is 9.18 Å². The van der Waals surface area contributed by atoms with E-state index in [1.54, 1.807) is 12.1 Å². The molecule has 1 atom stereocenters. The maximum Gasteiger partial charge on any atom is 0.173 e. The molecule has 3 aromatic rings. The standard InChI is InChI=1S/C22H19FNO/c23-19-8-5-16(6-9-19)15-24-13-11-18(12-14-24)21-10-7-17-3-1-2-4-20(17)22(21)25/h1-6,8-9,11-14,21H,7,10,15H2/q+1. The average molecular weight is 332 g/mol. The third kappa shape index (κ3) is 3.22. The number of pyridine rings is 1. The average Bonchev–Trinajstić information content (AvgIpc) is 2.65. The number of aromatic nitrogens is 1. The van der Waals surface area contributed by atoms with Crippen molar-refractivity contribution in [3.8, 4) is 0 Å². The normalized spacial score (nSPS) is 16.5. The van der Waals surface area contributed by atoms with Gasteiger partial charge in [0.15, 0.2) is 24.7 Å². The van der Waals surface area contributed by atoms with E-state index in [1.165, 1.54) is 12.1 Å². The third-order valence-electron chi connectivity index (χ3n) is 4.90. The van der Waals surface area contributed by atoms with Crippen molar-refractivity contribution in [3.63, 3.8) is 0 Å². The van der Waals surface area contributed by atoms with Gasteiger partial charge >= 0.3 is 0 Å². The lowest BCUT2D eigenvalue weighted by Crippen LogP contribution is -2.33. The Bertz CT molecular complexity index is 900. The van der Waals surface area contributed by atoms with Crippen LogP contribution >= 0.6 is 0 Å². The quantitative estimate of drug-likeness (QED) is 0.662. The first-order valence-electron chi connectivity index (χ1n) is 8.56. The van der Waals surface area contributed by atoms with Gasteiger partial charge in [-0.3, -0.25) is 4.79 Å². The minimum atomic E-state index is -0.222. The molecule has 1 aromatic heterocycles. The van der Waals surface area contributed by atoms with E-state index in [0.717, 1.165) is 35.1 Å². The smallest absolute Gasteiger partial charge is 0.173 e. The number of hydrogen-bond acceptors (Lipinski definition) is 1. The Kier molecular flexibility index (Phi) is 4.14. The molecule has 0 amide bonds. The molecular formula is C22H19FNO+. The van der Waals surface area contributed by atoms with Crippen molar-refractivity contribution < 1.29 is 13.8 Å². The summed E-state index contributed by atoms with van der Waals surface area (Å²) < 4.78 is 15.0. The van der Waals surface area contributed by atoms with E-state index in [2.05, 4.69) is 0 Å². The summed E-state index contributed by atoms with van der Waals surface area (Å²) in [4.78, 5) is 12.8.